The summed E-state index contributed by atoms with van der Waals surface area (Å²) in [5.41, 5.74) is 2.25. The zero-order chi connectivity index (χ0) is 11.1. The van der Waals surface area contributed by atoms with Crippen molar-refractivity contribution in [2.24, 2.45) is 0 Å². The van der Waals surface area contributed by atoms with Crippen LogP contribution in [0.4, 0.5) is 5.69 Å². The number of nitrogens with zero attached hydrogens (tertiary/aromatic N) is 2. The molecule has 4 heteroatoms. The van der Waals surface area contributed by atoms with Crippen LogP contribution >= 0.6 is 0 Å². The third-order valence-electron chi connectivity index (χ3n) is 2.70. The van der Waals surface area contributed by atoms with Gasteiger partial charge in [-0.2, -0.15) is 0 Å². The third kappa shape index (κ3) is 1.24. The van der Waals surface area contributed by atoms with Crippen molar-refractivity contribution < 1.29 is 10.3 Å². The van der Waals surface area contributed by atoms with E-state index >= 15 is 0 Å². The molecular formula is C12H10N2O2. The molecular weight excluding hydrogens is 204 g/mol. The van der Waals surface area contributed by atoms with Crippen molar-refractivity contribution in [1.29, 1.82) is 0 Å². The fraction of sp³-hybridized carbons (Fsp3) is 0.0833. The molecule has 0 amide bonds. The average molecular weight is 214 g/mol. The first-order valence-electron chi connectivity index (χ1n) is 5.01. The predicted molar refractivity (Wildman–Crippen MR) is 61.6 cm³/mol. The molecule has 3 rings (SSSR count). The van der Waals surface area contributed by atoms with E-state index in [9.17, 15) is 10.3 Å². The number of benzene rings is 1. The Morgan fingerprint density at radius 3 is 2.88 bits per heavy atom. The number of aromatic nitrogens is 1. The molecule has 2 heterocycles. The van der Waals surface area contributed by atoms with Gasteiger partial charge in [0.2, 0.25) is 5.88 Å². The van der Waals surface area contributed by atoms with Crippen LogP contribution in [0.3, 0.4) is 0 Å². The monoisotopic (exact) mass is 214 g/mol. The van der Waals surface area contributed by atoms with Crippen LogP contribution in [-0.4, -0.2) is 21.8 Å². The summed E-state index contributed by atoms with van der Waals surface area (Å²) in [6.07, 6.45) is 3.77. The number of rotatable bonds is 0. The van der Waals surface area contributed by atoms with Crippen LogP contribution in [0, 0.1) is 0 Å². The normalized spacial score (nSPS) is 14.2. The van der Waals surface area contributed by atoms with E-state index in [1.54, 1.807) is 6.07 Å². The zero-order valence-electron chi connectivity index (χ0n) is 8.46. The topological polar surface area (TPSA) is 56.6 Å². The second kappa shape index (κ2) is 3.21. The Kier molecular flexibility index (Phi) is 1.84. The molecule has 80 valence electrons. The van der Waals surface area contributed by atoms with E-state index in [0.29, 0.717) is 17.7 Å². The lowest BCUT2D eigenvalue weighted by Gasteiger charge is -2.22. The second-order valence-electron chi connectivity index (χ2n) is 3.72. The van der Waals surface area contributed by atoms with Gasteiger partial charge in [-0.05, 0) is 12.1 Å². The fourth-order valence-corrected chi connectivity index (χ4v) is 1.95. The van der Waals surface area contributed by atoms with E-state index in [4.69, 9.17) is 0 Å². The van der Waals surface area contributed by atoms with Gasteiger partial charge in [-0.3, -0.25) is 10.3 Å². The predicted octanol–water partition coefficient (Wildman–Crippen LogP) is 2.16. The van der Waals surface area contributed by atoms with Gasteiger partial charge in [-0.25, -0.2) is 4.98 Å². The Bertz CT molecular complexity index is 593. The summed E-state index contributed by atoms with van der Waals surface area (Å²) in [5.74, 6) is -0.00985. The summed E-state index contributed by atoms with van der Waals surface area (Å²) in [5, 5.41) is 21.2. The van der Waals surface area contributed by atoms with E-state index in [2.05, 4.69) is 4.98 Å². The molecule has 16 heavy (non-hydrogen) atoms. The molecule has 0 atom stereocenters. The molecule has 0 saturated heterocycles. The Hall–Kier alpha value is -2.07. The SMILES string of the molecule is Oc1ccc2ccc3c(c2n1)C=CCN3O. The molecule has 0 fully saturated rings. The first kappa shape index (κ1) is 9.18. The van der Waals surface area contributed by atoms with Crippen LogP contribution in [0.2, 0.25) is 0 Å². The fourth-order valence-electron chi connectivity index (χ4n) is 1.95. The van der Waals surface area contributed by atoms with E-state index < -0.39 is 0 Å². The highest BCUT2D eigenvalue weighted by Gasteiger charge is 2.14. The Balaban J connectivity index is 2.39. The molecule has 0 spiro atoms. The number of hydroxylamine groups is 1. The van der Waals surface area contributed by atoms with Crippen LogP contribution in [0.25, 0.3) is 17.0 Å². The molecule has 2 N–H and O–H groups in total. The molecule has 0 aliphatic carbocycles. The highest BCUT2D eigenvalue weighted by Crippen LogP contribution is 2.31. The van der Waals surface area contributed by atoms with E-state index in [0.717, 1.165) is 10.9 Å². The number of hydrogen-bond donors (Lipinski definition) is 2. The van der Waals surface area contributed by atoms with Gasteiger partial charge in [-0.15, -0.1) is 0 Å². The maximum absolute atomic E-state index is 9.68. The van der Waals surface area contributed by atoms with Crippen LogP contribution < -0.4 is 5.06 Å². The largest absolute Gasteiger partial charge is 0.493 e. The lowest BCUT2D eigenvalue weighted by molar-refractivity contribution is 0.265. The van der Waals surface area contributed by atoms with Crippen LogP contribution in [0.5, 0.6) is 5.88 Å². The minimum Gasteiger partial charge on any atom is -0.493 e. The Labute approximate surface area is 92.0 Å². The minimum absolute atomic E-state index is 0.00985. The van der Waals surface area contributed by atoms with E-state index in [1.807, 2.05) is 30.4 Å². The second-order valence-corrected chi connectivity index (χ2v) is 3.72. The van der Waals surface area contributed by atoms with Gasteiger partial charge in [0, 0.05) is 17.0 Å². The summed E-state index contributed by atoms with van der Waals surface area (Å²) >= 11 is 0. The van der Waals surface area contributed by atoms with Gasteiger partial charge < -0.3 is 5.11 Å². The molecule has 1 aromatic carbocycles. The lowest BCUT2D eigenvalue weighted by Crippen LogP contribution is -2.21. The molecule has 1 aromatic heterocycles. The van der Waals surface area contributed by atoms with Gasteiger partial charge in [0.1, 0.15) is 0 Å². The summed E-state index contributed by atoms with van der Waals surface area (Å²) in [6, 6.07) is 7.09. The minimum atomic E-state index is -0.00985. The number of hydrogen-bond acceptors (Lipinski definition) is 4. The van der Waals surface area contributed by atoms with Crippen LogP contribution in [0.1, 0.15) is 5.56 Å². The van der Waals surface area contributed by atoms with Crippen molar-refractivity contribution >= 4 is 22.7 Å². The highest BCUT2D eigenvalue weighted by atomic mass is 16.5. The van der Waals surface area contributed by atoms with Crippen molar-refractivity contribution in [3.8, 4) is 5.88 Å². The Morgan fingerprint density at radius 2 is 2.00 bits per heavy atom. The molecule has 1 aliphatic heterocycles. The average Bonchev–Trinajstić information content (AvgIpc) is 2.29. The number of anilines is 1. The first-order chi connectivity index (χ1) is 7.75. The zero-order valence-corrected chi connectivity index (χ0v) is 8.46. The van der Waals surface area contributed by atoms with Gasteiger partial charge in [0.15, 0.2) is 0 Å². The highest BCUT2D eigenvalue weighted by molar-refractivity contribution is 5.94. The lowest BCUT2D eigenvalue weighted by atomic mass is 10.0. The van der Waals surface area contributed by atoms with Crippen molar-refractivity contribution in [1.82, 2.24) is 4.98 Å². The quantitative estimate of drug-likeness (QED) is 0.705. The van der Waals surface area contributed by atoms with Gasteiger partial charge >= 0.3 is 0 Å². The molecule has 0 unspecified atom stereocenters. The maximum Gasteiger partial charge on any atom is 0.211 e. The summed E-state index contributed by atoms with van der Waals surface area (Å²) in [6.45, 7) is 0.470. The standard InChI is InChI=1S/C12H10N2O2/c15-11-6-4-8-3-5-10-9(12(8)13-11)2-1-7-14(10)16/h1-6,16H,7H2,(H,13,15). The van der Waals surface area contributed by atoms with Crippen LogP contribution in [-0.2, 0) is 0 Å². The van der Waals surface area contributed by atoms with Gasteiger partial charge in [-0.1, -0.05) is 18.2 Å². The van der Waals surface area contributed by atoms with Crippen molar-refractivity contribution in [2.45, 2.75) is 0 Å². The summed E-state index contributed by atoms with van der Waals surface area (Å²) in [7, 11) is 0. The van der Waals surface area contributed by atoms with Gasteiger partial charge in [0.25, 0.3) is 0 Å². The molecule has 0 saturated carbocycles. The van der Waals surface area contributed by atoms with Crippen LogP contribution in [0.15, 0.2) is 30.3 Å². The van der Waals surface area contributed by atoms with Gasteiger partial charge in [0.05, 0.1) is 17.7 Å². The van der Waals surface area contributed by atoms with E-state index in [1.165, 1.54) is 5.06 Å². The summed E-state index contributed by atoms with van der Waals surface area (Å²) < 4.78 is 0. The van der Waals surface area contributed by atoms with E-state index in [-0.39, 0.29) is 5.88 Å². The molecule has 4 nitrogen and oxygen atoms in total. The Morgan fingerprint density at radius 1 is 1.19 bits per heavy atom. The first-order valence-corrected chi connectivity index (χ1v) is 5.01. The van der Waals surface area contributed by atoms with Crippen molar-refractivity contribution in [2.75, 3.05) is 11.6 Å². The third-order valence-corrected chi connectivity index (χ3v) is 2.70. The van der Waals surface area contributed by atoms with Crippen molar-refractivity contribution in [3.05, 3.63) is 35.9 Å². The molecule has 0 bridgehead atoms. The number of pyridine rings is 1. The molecule has 0 radical (unpaired) electrons. The number of aromatic hydroxyl groups is 1. The molecule has 2 aromatic rings. The maximum atomic E-state index is 9.68. The molecule has 1 aliphatic rings. The number of fused-ring (bicyclic) bond motifs is 3. The smallest absolute Gasteiger partial charge is 0.211 e. The van der Waals surface area contributed by atoms with Crippen molar-refractivity contribution in [3.63, 3.8) is 0 Å². The summed E-state index contributed by atoms with van der Waals surface area (Å²) in [4.78, 5) is 4.09.